The summed E-state index contributed by atoms with van der Waals surface area (Å²) in [6, 6.07) is 11.1. The van der Waals surface area contributed by atoms with Crippen LogP contribution < -0.4 is 0 Å². The first-order valence-electron chi connectivity index (χ1n) is 11.5. The first kappa shape index (κ1) is 24.2. The molecule has 4 N–H and O–H groups in total. The van der Waals surface area contributed by atoms with Gasteiger partial charge in [-0.2, -0.15) is 0 Å². The molecule has 0 aliphatic rings. The van der Waals surface area contributed by atoms with Gasteiger partial charge in [-0.3, -0.25) is 0 Å². The van der Waals surface area contributed by atoms with Crippen LogP contribution >= 0.6 is 0 Å². The van der Waals surface area contributed by atoms with Crippen molar-refractivity contribution in [3.63, 3.8) is 0 Å². The highest BCUT2D eigenvalue weighted by molar-refractivity contribution is 5.36. The Kier molecular flexibility index (Phi) is 11.3. The van der Waals surface area contributed by atoms with Crippen LogP contribution in [0.1, 0.15) is 86.5 Å². The zero-order valence-electron chi connectivity index (χ0n) is 18.2. The van der Waals surface area contributed by atoms with Crippen LogP contribution in [0.5, 0.6) is 11.5 Å². The van der Waals surface area contributed by atoms with E-state index in [2.05, 4.69) is 0 Å². The largest absolute Gasteiger partial charge is 0.508 e. The van der Waals surface area contributed by atoms with Gasteiger partial charge < -0.3 is 20.4 Å². The predicted molar refractivity (Wildman–Crippen MR) is 122 cm³/mol. The molecule has 4 nitrogen and oxygen atoms in total. The lowest BCUT2D eigenvalue weighted by Gasteiger charge is -2.07. The molecule has 0 aliphatic carbocycles. The second kappa shape index (κ2) is 14.1. The molecule has 0 bridgehead atoms. The number of aryl methyl sites for hydroxylation is 2. The van der Waals surface area contributed by atoms with Gasteiger partial charge in [0.25, 0.3) is 0 Å². The predicted octanol–water partition coefficient (Wildman–Crippen LogP) is 5.77. The summed E-state index contributed by atoms with van der Waals surface area (Å²) in [5.41, 5.74) is 3.62. The highest BCUT2D eigenvalue weighted by Gasteiger charge is 2.03. The summed E-state index contributed by atoms with van der Waals surface area (Å²) in [6.45, 7) is -0.220. The smallest absolute Gasteiger partial charge is 0.121 e. The number of hydrogen-bond donors (Lipinski definition) is 4. The Balaban J connectivity index is 1.42. The number of rotatable bonds is 15. The van der Waals surface area contributed by atoms with Crippen molar-refractivity contribution in [2.24, 2.45) is 0 Å². The average molecular weight is 415 g/mol. The minimum Gasteiger partial charge on any atom is -0.508 e. The summed E-state index contributed by atoms with van der Waals surface area (Å²) in [7, 11) is 0. The Morgan fingerprint density at radius 1 is 0.467 bits per heavy atom. The molecular weight excluding hydrogens is 376 g/mol. The summed E-state index contributed by atoms with van der Waals surface area (Å²) in [5.74, 6) is 0.356. The Hall–Kier alpha value is -2.04. The molecule has 0 aromatic heterocycles. The van der Waals surface area contributed by atoms with Gasteiger partial charge in [0.15, 0.2) is 0 Å². The molecule has 0 aliphatic heterocycles. The lowest BCUT2D eigenvalue weighted by Crippen LogP contribution is -1.91. The van der Waals surface area contributed by atoms with Gasteiger partial charge in [0, 0.05) is 11.1 Å². The van der Waals surface area contributed by atoms with Crippen molar-refractivity contribution in [2.75, 3.05) is 0 Å². The maximum atomic E-state index is 9.60. The molecule has 0 saturated heterocycles. The van der Waals surface area contributed by atoms with E-state index in [4.69, 9.17) is 0 Å². The Bertz CT molecular complexity index is 678. The normalized spacial score (nSPS) is 11.1. The van der Waals surface area contributed by atoms with Gasteiger partial charge in [-0.1, -0.05) is 63.5 Å². The van der Waals surface area contributed by atoms with Crippen LogP contribution in [-0.2, 0) is 26.1 Å². The number of benzene rings is 2. The number of phenols is 2. The zero-order valence-corrected chi connectivity index (χ0v) is 18.2. The van der Waals surface area contributed by atoms with E-state index in [1.165, 1.54) is 62.5 Å². The van der Waals surface area contributed by atoms with E-state index in [1.807, 2.05) is 24.3 Å². The van der Waals surface area contributed by atoms with Crippen LogP contribution in [0.4, 0.5) is 0 Å². The molecular formula is C26H38O4. The minimum absolute atomic E-state index is 0.110. The van der Waals surface area contributed by atoms with Gasteiger partial charge in [-0.25, -0.2) is 0 Å². The van der Waals surface area contributed by atoms with E-state index in [1.54, 1.807) is 12.1 Å². The third kappa shape index (κ3) is 8.76. The number of unbranched alkanes of at least 4 members (excludes halogenated alkanes) is 9. The SMILES string of the molecule is OCc1cc(CCCCCCCCCCCCc2ccc(O)c(CO)c2)ccc1O. The Morgan fingerprint density at radius 2 is 0.800 bits per heavy atom. The lowest BCUT2D eigenvalue weighted by atomic mass is 10.0. The third-order valence-corrected chi connectivity index (χ3v) is 5.81. The Morgan fingerprint density at radius 3 is 1.13 bits per heavy atom. The summed E-state index contributed by atoms with van der Waals surface area (Å²) >= 11 is 0. The molecule has 4 heteroatoms. The quantitative estimate of drug-likeness (QED) is 0.279. The molecule has 30 heavy (non-hydrogen) atoms. The van der Waals surface area contributed by atoms with Gasteiger partial charge in [0.05, 0.1) is 13.2 Å². The van der Waals surface area contributed by atoms with Gasteiger partial charge in [0.2, 0.25) is 0 Å². The number of aliphatic hydroxyl groups is 2. The number of aliphatic hydroxyl groups excluding tert-OH is 2. The van der Waals surface area contributed by atoms with Crippen LogP contribution in [-0.4, -0.2) is 20.4 Å². The molecule has 0 heterocycles. The topological polar surface area (TPSA) is 80.9 Å². The fourth-order valence-electron chi connectivity index (χ4n) is 3.91. The van der Waals surface area contributed by atoms with Crippen LogP contribution in [0.15, 0.2) is 36.4 Å². The molecule has 0 atom stereocenters. The average Bonchev–Trinajstić information content (AvgIpc) is 2.76. The van der Waals surface area contributed by atoms with E-state index in [9.17, 15) is 20.4 Å². The summed E-state index contributed by atoms with van der Waals surface area (Å²) in [5, 5.41) is 37.6. The first-order valence-corrected chi connectivity index (χ1v) is 11.5. The van der Waals surface area contributed by atoms with Crippen LogP contribution in [0.2, 0.25) is 0 Å². The van der Waals surface area contributed by atoms with Crippen molar-refractivity contribution in [2.45, 2.75) is 90.3 Å². The summed E-state index contributed by atoms with van der Waals surface area (Å²) in [6.07, 6.45) is 14.6. The van der Waals surface area contributed by atoms with Gasteiger partial charge in [-0.05, 0) is 61.1 Å². The number of hydrogen-bond acceptors (Lipinski definition) is 4. The first-order chi connectivity index (χ1) is 14.6. The minimum atomic E-state index is -0.110. The molecule has 0 amide bonds. The van der Waals surface area contributed by atoms with E-state index >= 15 is 0 Å². The van der Waals surface area contributed by atoms with E-state index in [0.717, 1.165) is 25.7 Å². The van der Waals surface area contributed by atoms with Crippen molar-refractivity contribution in [3.05, 3.63) is 58.7 Å². The fourth-order valence-corrected chi connectivity index (χ4v) is 3.91. The highest BCUT2D eigenvalue weighted by Crippen LogP contribution is 2.21. The molecule has 0 radical (unpaired) electrons. The molecule has 0 spiro atoms. The maximum absolute atomic E-state index is 9.60. The van der Waals surface area contributed by atoms with Crippen LogP contribution in [0, 0.1) is 0 Å². The molecule has 0 fully saturated rings. The van der Waals surface area contributed by atoms with Gasteiger partial charge >= 0.3 is 0 Å². The third-order valence-electron chi connectivity index (χ3n) is 5.81. The molecule has 2 rings (SSSR count). The standard InChI is InChI=1S/C26H38O4/c27-19-23-17-21(13-15-25(23)29)11-9-7-5-3-1-2-4-6-8-10-12-22-14-16-26(30)24(18-22)20-28/h13-18,27-30H,1-12,19-20H2. The van der Waals surface area contributed by atoms with Crippen LogP contribution in [0.3, 0.4) is 0 Å². The lowest BCUT2D eigenvalue weighted by molar-refractivity contribution is 0.275. The highest BCUT2D eigenvalue weighted by atomic mass is 16.3. The van der Waals surface area contributed by atoms with E-state index < -0.39 is 0 Å². The molecule has 2 aromatic rings. The summed E-state index contributed by atoms with van der Waals surface area (Å²) < 4.78 is 0. The monoisotopic (exact) mass is 414 g/mol. The van der Waals surface area contributed by atoms with E-state index in [-0.39, 0.29) is 24.7 Å². The second-order valence-corrected chi connectivity index (χ2v) is 8.28. The molecule has 166 valence electrons. The van der Waals surface area contributed by atoms with Crippen molar-refractivity contribution < 1.29 is 20.4 Å². The van der Waals surface area contributed by atoms with Crippen molar-refractivity contribution in [1.82, 2.24) is 0 Å². The molecule has 2 aromatic carbocycles. The zero-order chi connectivity index (χ0) is 21.6. The molecule has 0 saturated carbocycles. The van der Waals surface area contributed by atoms with E-state index in [0.29, 0.717) is 11.1 Å². The number of aromatic hydroxyl groups is 2. The van der Waals surface area contributed by atoms with Crippen LogP contribution in [0.25, 0.3) is 0 Å². The Labute approximate surface area is 181 Å². The second-order valence-electron chi connectivity index (χ2n) is 8.28. The maximum Gasteiger partial charge on any atom is 0.121 e. The van der Waals surface area contributed by atoms with Gasteiger partial charge in [-0.15, -0.1) is 0 Å². The van der Waals surface area contributed by atoms with Gasteiger partial charge in [0.1, 0.15) is 11.5 Å². The molecule has 0 unspecified atom stereocenters. The summed E-state index contributed by atoms with van der Waals surface area (Å²) in [4.78, 5) is 0. The fraction of sp³-hybridized carbons (Fsp3) is 0.538. The van der Waals surface area contributed by atoms with Crippen molar-refractivity contribution >= 4 is 0 Å². The van der Waals surface area contributed by atoms with Crippen molar-refractivity contribution in [3.8, 4) is 11.5 Å². The van der Waals surface area contributed by atoms with Crippen molar-refractivity contribution in [1.29, 1.82) is 0 Å².